The fraction of sp³-hybridized carbons (Fsp3) is 0.500. The van der Waals surface area contributed by atoms with Gasteiger partial charge in [0.15, 0.2) is 0 Å². The summed E-state index contributed by atoms with van der Waals surface area (Å²) < 4.78 is 0. The smallest absolute Gasteiger partial charge is 0.307 e. The van der Waals surface area contributed by atoms with Crippen molar-refractivity contribution in [3.63, 3.8) is 0 Å². The lowest BCUT2D eigenvalue weighted by molar-refractivity contribution is -0.141. The number of allylic oxidation sites excluding steroid dienone is 3. The molecule has 4 atom stereocenters. The molecular weight excluding hydrogens is 472 g/mol. The first-order chi connectivity index (χ1) is 18.5. The summed E-state index contributed by atoms with van der Waals surface area (Å²) in [5.41, 5.74) is 4.82. The zero-order valence-electron chi connectivity index (χ0n) is 22.6. The van der Waals surface area contributed by atoms with Gasteiger partial charge in [-0.3, -0.25) is 4.79 Å². The van der Waals surface area contributed by atoms with Crippen molar-refractivity contribution in [1.82, 2.24) is 0 Å². The molecule has 0 aromatic heterocycles. The van der Waals surface area contributed by atoms with Crippen molar-refractivity contribution in [1.29, 1.82) is 0 Å². The van der Waals surface area contributed by atoms with E-state index in [0.717, 1.165) is 31.2 Å². The van der Waals surface area contributed by atoms with Crippen LogP contribution in [0.25, 0.3) is 0 Å². The molecule has 0 aliphatic heterocycles. The number of unbranched alkanes of at least 4 members (excludes halogenated alkanes) is 3. The van der Waals surface area contributed by atoms with Gasteiger partial charge in [0, 0.05) is 0 Å². The molecule has 0 saturated carbocycles. The van der Waals surface area contributed by atoms with Gasteiger partial charge in [0.1, 0.15) is 5.75 Å². The summed E-state index contributed by atoms with van der Waals surface area (Å²) in [6.45, 7) is 0.218. The number of carbonyl (C=O) groups is 1. The van der Waals surface area contributed by atoms with Crippen LogP contribution in [-0.2, 0) is 17.6 Å². The molecule has 4 heteroatoms. The minimum Gasteiger partial charge on any atom is -0.508 e. The van der Waals surface area contributed by atoms with Crippen molar-refractivity contribution >= 4 is 5.97 Å². The normalized spacial score (nSPS) is 24.7. The number of phenolic OH excluding ortho intramolecular Hbond substituents is 1. The summed E-state index contributed by atoms with van der Waals surface area (Å²) in [6, 6.07) is 16.2. The number of carboxylic acids is 1. The van der Waals surface area contributed by atoms with Gasteiger partial charge in [0.2, 0.25) is 0 Å². The molecule has 4 nitrogen and oxygen atoms in total. The molecule has 2 bridgehead atoms. The highest BCUT2D eigenvalue weighted by molar-refractivity contribution is 5.70. The third-order valence-corrected chi connectivity index (χ3v) is 8.61. The molecule has 204 valence electrons. The van der Waals surface area contributed by atoms with Gasteiger partial charge in [-0.2, -0.15) is 0 Å². The second-order valence-electron chi connectivity index (χ2n) is 11.4. The second-order valence-corrected chi connectivity index (χ2v) is 11.4. The molecule has 0 saturated heterocycles. The van der Waals surface area contributed by atoms with Crippen molar-refractivity contribution in [2.24, 2.45) is 17.8 Å². The molecule has 0 amide bonds. The molecule has 0 unspecified atom stereocenters. The lowest BCUT2D eigenvalue weighted by atomic mass is 9.76. The third-order valence-electron chi connectivity index (χ3n) is 8.61. The second kappa shape index (κ2) is 14.3. The van der Waals surface area contributed by atoms with Gasteiger partial charge in [-0.15, -0.1) is 0 Å². The maximum absolute atomic E-state index is 11.9. The van der Waals surface area contributed by atoms with Gasteiger partial charge in [-0.25, -0.2) is 0 Å². The molecular formula is C34H44O4. The molecule has 4 rings (SSSR count). The molecule has 0 heterocycles. The van der Waals surface area contributed by atoms with Crippen LogP contribution in [-0.4, -0.2) is 27.9 Å². The van der Waals surface area contributed by atoms with E-state index in [2.05, 4.69) is 48.6 Å². The largest absolute Gasteiger partial charge is 0.508 e. The Kier molecular flexibility index (Phi) is 10.6. The highest BCUT2D eigenvalue weighted by Crippen LogP contribution is 2.36. The van der Waals surface area contributed by atoms with Crippen LogP contribution in [0.3, 0.4) is 0 Å². The zero-order chi connectivity index (χ0) is 26.7. The van der Waals surface area contributed by atoms with E-state index in [4.69, 9.17) is 0 Å². The molecule has 3 N–H and O–H groups in total. The summed E-state index contributed by atoms with van der Waals surface area (Å²) in [7, 11) is 0. The van der Waals surface area contributed by atoms with E-state index in [1.54, 1.807) is 12.1 Å². The van der Waals surface area contributed by atoms with E-state index in [1.165, 1.54) is 55.2 Å². The molecule has 38 heavy (non-hydrogen) atoms. The predicted octanol–water partition coefficient (Wildman–Crippen LogP) is 7.60. The number of hydrogen-bond donors (Lipinski definition) is 3. The van der Waals surface area contributed by atoms with E-state index in [9.17, 15) is 20.1 Å². The minimum atomic E-state index is -0.726. The Labute approximate surface area is 228 Å². The monoisotopic (exact) mass is 516 g/mol. The SMILES string of the molecule is O=C(O)[C@H]1C/C=C/C[C@H](CCCCCC[C@@H]2C=C(CO)CC2)[C@H](c2ccc(O)cc2)Cc2cccc(c2)C1. The Morgan fingerprint density at radius 2 is 1.58 bits per heavy atom. The van der Waals surface area contributed by atoms with Crippen LogP contribution in [0.4, 0.5) is 0 Å². The van der Waals surface area contributed by atoms with E-state index >= 15 is 0 Å². The first-order valence-corrected chi connectivity index (χ1v) is 14.6. The molecule has 0 fully saturated rings. The number of phenols is 1. The number of benzene rings is 2. The number of aliphatic hydroxyl groups is 1. The first kappa shape index (κ1) is 28.2. The molecule has 2 aliphatic rings. The van der Waals surface area contributed by atoms with Gasteiger partial charge >= 0.3 is 5.97 Å². The number of hydrogen-bond acceptors (Lipinski definition) is 3. The number of aromatic hydroxyl groups is 1. The number of rotatable bonds is 10. The standard InChI is InChI=1S/C34H44O4/c35-24-28-15-14-25(20-28)8-3-1-2-4-11-29-12-5-6-13-31(34(37)38)22-26-9-7-10-27(21-26)23-33(29)30-16-18-32(36)19-17-30/h5-7,9-10,16-21,25,29,31,33,35-36H,1-4,8,11-15,22-24H2,(H,37,38)/b6-5+/t25-,29-,31-,33+/m0/s1. The fourth-order valence-corrected chi connectivity index (χ4v) is 6.38. The minimum absolute atomic E-state index is 0.218. The fourth-order valence-electron chi connectivity index (χ4n) is 6.38. The number of aliphatic hydroxyl groups excluding tert-OH is 1. The van der Waals surface area contributed by atoms with E-state index < -0.39 is 11.9 Å². The molecule has 0 radical (unpaired) electrons. The van der Waals surface area contributed by atoms with Crippen LogP contribution in [0.15, 0.2) is 72.3 Å². The highest BCUT2D eigenvalue weighted by Gasteiger charge is 2.24. The van der Waals surface area contributed by atoms with E-state index in [0.29, 0.717) is 36.3 Å². The Bertz CT molecular complexity index is 1080. The van der Waals surface area contributed by atoms with Crippen molar-refractivity contribution in [2.45, 2.75) is 83.0 Å². The van der Waals surface area contributed by atoms with E-state index in [-0.39, 0.29) is 6.61 Å². The van der Waals surface area contributed by atoms with Crippen molar-refractivity contribution in [3.05, 3.63) is 89.0 Å². The third kappa shape index (κ3) is 8.33. The van der Waals surface area contributed by atoms with Gasteiger partial charge in [0.05, 0.1) is 12.5 Å². The summed E-state index contributed by atoms with van der Waals surface area (Å²) in [6.07, 6.45) is 19.1. The van der Waals surface area contributed by atoms with Gasteiger partial charge in [-0.1, -0.05) is 80.3 Å². The van der Waals surface area contributed by atoms with Crippen LogP contribution in [0.2, 0.25) is 0 Å². The molecule has 2 aromatic carbocycles. The highest BCUT2D eigenvalue weighted by atomic mass is 16.4. The first-order valence-electron chi connectivity index (χ1n) is 14.6. The maximum atomic E-state index is 11.9. The van der Waals surface area contributed by atoms with Crippen molar-refractivity contribution in [2.75, 3.05) is 6.61 Å². The zero-order valence-corrected chi connectivity index (χ0v) is 22.6. The van der Waals surface area contributed by atoms with Crippen LogP contribution in [0.1, 0.15) is 86.8 Å². The summed E-state index contributed by atoms with van der Waals surface area (Å²) in [5.74, 6) is 0.616. The van der Waals surface area contributed by atoms with Gasteiger partial charge in [0.25, 0.3) is 0 Å². The summed E-state index contributed by atoms with van der Waals surface area (Å²) >= 11 is 0. The molecule has 0 spiro atoms. The average molecular weight is 517 g/mol. The van der Waals surface area contributed by atoms with Gasteiger partial charge in [-0.05, 0) is 104 Å². The molecule has 2 aliphatic carbocycles. The number of carboxylic acid groups (broad SMARTS) is 1. The Morgan fingerprint density at radius 1 is 0.868 bits per heavy atom. The summed E-state index contributed by atoms with van der Waals surface area (Å²) in [4.78, 5) is 11.9. The Morgan fingerprint density at radius 3 is 2.29 bits per heavy atom. The number of aliphatic carboxylic acids is 1. The van der Waals surface area contributed by atoms with Gasteiger partial charge < -0.3 is 15.3 Å². The van der Waals surface area contributed by atoms with Crippen LogP contribution in [0, 0.1) is 17.8 Å². The molecule has 2 aromatic rings. The lowest BCUT2D eigenvalue weighted by Crippen LogP contribution is -2.18. The Hall–Kier alpha value is -2.85. The lowest BCUT2D eigenvalue weighted by Gasteiger charge is -2.28. The van der Waals surface area contributed by atoms with Crippen molar-refractivity contribution in [3.8, 4) is 5.75 Å². The number of fused-ring (bicyclic) bond motifs is 2. The predicted molar refractivity (Wildman–Crippen MR) is 153 cm³/mol. The van der Waals surface area contributed by atoms with Crippen molar-refractivity contribution < 1.29 is 20.1 Å². The van der Waals surface area contributed by atoms with Crippen LogP contribution in [0.5, 0.6) is 5.75 Å². The quantitative estimate of drug-likeness (QED) is 0.224. The van der Waals surface area contributed by atoms with E-state index in [1.807, 2.05) is 6.07 Å². The maximum Gasteiger partial charge on any atom is 0.307 e. The Balaban J connectivity index is 1.44. The van der Waals surface area contributed by atoms with Crippen LogP contribution >= 0.6 is 0 Å². The summed E-state index contributed by atoms with van der Waals surface area (Å²) in [5, 5.41) is 29.0. The average Bonchev–Trinajstić information content (AvgIpc) is 3.38. The van der Waals surface area contributed by atoms with Crippen LogP contribution < -0.4 is 0 Å². The topological polar surface area (TPSA) is 77.8 Å².